The van der Waals surface area contributed by atoms with E-state index in [0.717, 1.165) is 11.1 Å². The van der Waals surface area contributed by atoms with Crippen molar-refractivity contribution in [1.82, 2.24) is 0 Å². The molecule has 126 valence electrons. The summed E-state index contributed by atoms with van der Waals surface area (Å²) in [4.78, 5) is 24.4. The van der Waals surface area contributed by atoms with E-state index in [0.29, 0.717) is 21.3 Å². The van der Waals surface area contributed by atoms with Crippen LogP contribution in [0.5, 0.6) is 0 Å². The fourth-order valence-corrected chi connectivity index (χ4v) is 2.48. The number of esters is 1. The van der Waals surface area contributed by atoms with Crippen molar-refractivity contribution in [1.29, 1.82) is 0 Å². The third-order valence-electron chi connectivity index (χ3n) is 3.44. The molecule has 6 heteroatoms. The fourth-order valence-electron chi connectivity index (χ4n) is 2.15. The molecule has 1 atom stereocenters. The van der Waals surface area contributed by atoms with Crippen LogP contribution in [0.4, 0.5) is 5.69 Å². The number of ether oxygens (including phenoxy) is 1. The average molecular weight is 366 g/mol. The van der Waals surface area contributed by atoms with Gasteiger partial charge < -0.3 is 10.1 Å². The first-order valence-electron chi connectivity index (χ1n) is 7.32. The number of benzene rings is 2. The first-order valence-corrected chi connectivity index (χ1v) is 8.07. The van der Waals surface area contributed by atoms with Crippen molar-refractivity contribution in [3.63, 3.8) is 0 Å². The van der Waals surface area contributed by atoms with Crippen LogP contribution < -0.4 is 5.32 Å². The molecule has 0 radical (unpaired) electrons. The number of carbonyl (C=O) groups is 2. The number of nitrogens with one attached hydrogen (secondary N) is 1. The number of rotatable bonds is 4. The molecule has 0 aliphatic rings. The number of anilines is 1. The first-order chi connectivity index (χ1) is 11.3. The van der Waals surface area contributed by atoms with Crippen LogP contribution in [-0.2, 0) is 9.53 Å². The Morgan fingerprint density at radius 1 is 1.08 bits per heavy atom. The van der Waals surface area contributed by atoms with Gasteiger partial charge in [-0.05, 0) is 50.6 Å². The summed E-state index contributed by atoms with van der Waals surface area (Å²) < 4.78 is 5.23. The van der Waals surface area contributed by atoms with Gasteiger partial charge in [0.15, 0.2) is 6.10 Å². The van der Waals surface area contributed by atoms with Crippen molar-refractivity contribution in [3.8, 4) is 0 Å². The van der Waals surface area contributed by atoms with Crippen LogP contribution in [0.25, 0.3) is 0 Å². The van der Waals surface area contributed by atoms with Crippen LogP contribution in [0.3, 0.4) is 0 Å². The molecule has 0 aliphatic carbocycles. The predicted octanol–water partition coefficient (Wildman–Crippen LogP) is 4.79. The van der Waals surface area contributed by atoms with Gasteiger partial charge in [0.25, 0.3) is 5.91 Å². The van der Waals surface area contributed by atoms with Crippen LogP contribution >= 0.6 is 23.2 Å². The summed E-state index contributed by atoms with van der Waals surface area (Å²) in [7, 11) is 0. The van der Waals surface area contributed by atoms with Crippen LogP contribution in [-0.4, -0.2) is 18.0 Å². The van der Waals surface area contributed by atoms with Crippen LogP contribution in [0.2, 0.25) is 10.0 Å². The summed E-state index contributed by atoms with van der Waals surface area (Å²) in [5.41, 5.74) is 2.64. The summed E-state index contributed by atoms with van der Waals surface area (Å²) in [5, 5.41) is 3.39. The maximum atomic E-state index is 12.2. The highest BCUT2D eigenvalue weighted by atomic mass is 35.5. The normalized spacial score (nSPS) is 11.7. The SMILES string of the molecule is Cc1ccc(C(=O)O[C@@H](C)C(=O)Nc2cc(Cl)ccc2Cl)c(C)c1. The zero-order chi connectivity index (χ0) is 17.9. The van der Waals surface area contributed by atoms with Crippen LogP contribution in [0, 0.1) is 13.8 Å². The molecule has 24 heavy (non-hydrogen) atoms. The number of hydrogen-bond donors (Lipinski definition) is 1. The summed E-state index contributed by atoms with van der Waals surface area (Å²) in [6.45, 7) is 5.25. The van der Waals surface area contributed by atoms with Crippen LogP contribution in [0.1, 0.15) is 28.4 Å². The molecule has 0 saturated heterocycles. The number of aryl methyl sites for hydroxylation is 2. The Hall–Kier alpha value is -2.04. The standard InChI is InChI=1S/C18H17Cl2NO3/c1-10-4-6-14(11(2)8-10)18(23)24-12(3)17(22)21-16-9-13(19)5-7-15(16)20/h4-9,12H,1-3H3,(H,21,22)/t12-/m0/s1. The first kappa shape index (κ1) is 18.3. The van der Waals surface area contributed by atoms with E-state index in [-0.39, 0.29) is 0 Å². The minimum Gasteiger partial charge on any atom is -0.449 e. The maximum Gasteiger partial charge on any atom is 0.339 e. The van der Waals surface area contributed by atoms with Gasteiger partial charge in [0.2, 0.25) is 0 Å². The molecular weight excluding hydrogens is 349 g/mol. The largest absolute Gasteiger partial charge is 0.449 e. The second kappa shape index (κ2) is 7.69. The Labute approximate surface area is 150 Å². The lowest BCUT2D eigenvalue weighted by atomic mass is 10.1. The molecule has 0 bridgehead atoms. The van der Waals surface area contributed by atoms with Gasteiger partial charge in [-0.3, -0.25) is 4.79 Å². The third-order valence-corrected chi connectivity index (χ3v) is 4.01. The minimum atomic E-state index is -0.978. The Kier molecular flexibility index (Phi) is 5.86. The Morgan fingerprint density at radius 2 is 1.79 bits per heavy atom. The molecular formula is C18H17Cl2NO3. The molecule has 0 saturated carbocycles. The summed E-state index contributed by atoms with van der Waals surface area (Å²) in [6, 6.07) is 10.1. The zero-order valence-electron chi connectivity index (χ0n) is 13.5. The molecule has 4 nitrogen and oxygen atoms in total. The zero-order valence-corrected chi connectivity index (χ0v) is 15.0. The van der Waals surface area contributed by atoms with Crippen molar-refractivity contribution < 1.29 is 14.3 Å². The highest BCUT2D eigenvalue weighted by molar-refractivity contribution is 6.35. The van der Waals surface area contributed by atoms with Gasteiger partial charge >= 0.3 is 5.97 Å². The van der Waals surface area contributed by atoms with E-state index in [2.05, 4.69) is 5.32 Å². The lowest BCUT2D eigenvalue weighted by Crippen LogP contribution is -2.30. The number of carbonyl (C=O) groups excluding carboxylic acids is 2. The van der Waals surface area contributed by atoms with Crippen molar-refractivity contribution in [3.05, 3.63) is 63.1 Å². The Balaban J connectivity index is 2.05. The molecule has 2 aromatic carbocycles. The number of hydrogen-bond acceptors (Lipinski definition) is 3. The van der Waals surface area contributed by atoms with E-state index < -0.39 is 18.0 Å². The van der Waals surface area contributed by atoms with E-state index in [1.165, 1.54) is 13.0 Å². The highest BCUT2D eigenvalue weighted by Gasteiger charge is 2.21. The Bertz CT molecular complexity index is 790. The van der Waals surface area contributed by atoms with E-state index in [1.54, 1.807) is 18.2 Å². The minimum absolute atomic E-state index is 0.348. The Morgan fingerprint density at radius 3 is 2.46 bits per heavy atom. The number of halogens is 2. The van der Waals surface area contributed by atoms with Gasteiger partial charge in [0, 0.05) is 5.02 Å². The van der Waals surface area contributed by atoms with Crippen molar-refractivity contribution in [2.45, 2.75) is 26.9 Å². The average Bonchev–Trinajstić information content (AvgIpc) is 2.50. The smallest absolute Gasteiger partial charge is 0.339 e. The second-order valence-electron chi connectivity index (χ2n) is 5.48. The maximum absolute atomic E-state index is 12.2. The summed E-state index contributed by atoms with van der Waals surface area (Å²) in [6.07, 6.45) is -0.978. The van der Waals surface area contributed by atoms with Gasteiger partial charge in [-0.1, -0.05) is 40.9 Å². The third kappa shape index (κ3) is 4.49. The quantitative estimate of drug-likeness (QED) is 0.792. The van der Waals surface area contributed by atoms with Gasteiger partial charge in [0.05, 0.1) is 16.3 Å². The summed E-state index contributed by atoms with van der Waals surface area (Å²) >= 11 is 11.9. The van der Waals surface area contributed by atoms with E-state index in [4.69, 9.17) is 27.9 Å². The van der Waals surface area contributed by atoms with Crippen LogP contribution in [0.15, 0.2) is 36.4 Å². The molecule has 0 aromatic heterocycles. The predicted molar refractivity (Wildman–Crippen MR) is 95.9 cm³/mol. The van der Waals surface area contributed by atoms with E-state index in [9.17, 15) is 9.59 Å². The molecule has 2 aromatic rings. The monoisotopic (exact) mass is 365 g/mol. The van der Waals surface area contributed by atoms with Gasteiger partial charge in [-0.15, -0.1) is 0 Å². The van der Waals surface area contributed by atoms with Crippen molar-refractivity contribution in [2.75, 3.05) is 5.32 Å². The molecule has 1 N–H and O–H groups in total. The van der Waals surface area contributed by atoms with Crippen molar-refractivity contribution in [2.24, 2.45) is 0 Å². The molecule has 0 aliphatic heterocycles. The number of amides is 1. The molecule has 0 heterocycles. The van der Waals surface area contributed by atoms with Gasteiger partial charge in [0.1, 0.15) is 0 Å². The summed E-state index contributed by atoms with van der Waals surface area (Å²) in [5.74, 6) is -1.04. The lowest BCUT2D eigenvalue weighted by molar-refractivity contribution is -0.123. The highest BCUT2D eigenvalue weighted by Crippen LogP contribution is 2.25. The van der Waals surface area contributed by atoms with Gasteiger partial charge in [-0.2, -0.15) is 0 Å². The van der Waals surface area contributed by atoms with E-state index in [1.807, 2.05) is 26.0 Å². The molecule has 0 unspecified atom stereocenters. The molecule has 0 spiro atoms. The fraction of sp³-hybridized carbons (Fsp3) is 0.222. The van der Waals surface area contributed by atoms with Gasteiger partial charge in [-0.25, -0.2) is 4.79 Å². The topological polar surface area (TPSA) is 55.4 Å². The molecule has 0 fully saturated rings. The molecule has 1 amide bonds. The second-order valence-corrected chi connectivity index (χ2v) is 6.32. The lowest BCUT2D eigenvalue weighted by Gasteiger charge is -2.15. The molecule has 2 rings (SSSR count). The van der Waals surface area contributed by atoms with Crippen molar-refractivity contribution >= 4 is 40.8 Å². The van der Waals surface area contributed by atoms with E-state index >= 15 is 0 Å².